The molecule has 0 aromatic heterocycles. The Hall–Kier alpha value is -2.81. The second kappa shape index (κ2) is 10.3. The van der Waals surface area contributed by atoms with Gasteiger partial charge in [-0.3, -0.25) is 9.35 Å². The molecule has 2 rings (SSSR count). The number of unbranched alkanes of at least 4 members (excludes halogenated alkanes) is 1. The molecular weight excluding hydrogens is 535 g/mol. The van der Waals surface area contributed by atoms with E-state index < -0.39 is 45.4 Å². The fraction of sp³-hybridized carbons (Fsp3) is 0.381. The molecule has 0 saturated carbocycles. The van der Waals surface area contributed by atoms with E-state index in [9.17, 15) is 52.7 Å². The largest absolute Gasteiger partial charge is 0.494 e. The molecule has 0 aliphatic heterocycles. The van der Waals surface area contributed by atoms with Crippen molar-refractivity contribution < 1.29 is 62.0 Å². The summed E-state index contributed by atoms with van der Waals surface area (Å²) in [6, 6.07) is 6.32. The number of hydrogen-bond donors (Lipinski definition) is 1. The maximum Gasteiger partial charge on any atom is 0.460 e. The van der Waals surface area contributed by atoms with Crippen LogP contribution in [-0.4, -0.2) is 43.4 Å². The SMILES string of the molecule is O=C(CCCCOc1ccc(S(=O)(=O)O)cc1)c1ccc(C(F)(F)C(F)(F)C(F)(F)C(F)(F)F)cc1. The number of carbonyl (C=O) groups is 1. The predicted octanol–water partition coefficient (Wildman–Crippen LogP) is 6.29. The molecule has 2 aromatic carbocycles. The normalized spacial score (nSPS) is 13.5. The lowest BCUT2D eigenvalue weighted by Gasteiger charge is -2.33. The van der Waals surface area contributed by atoms with Gasteiger partial charge in [0.1, 0.15) is 5.75 Å². The summed E-state index contributed by atoms with van der Waals surface area (Å²) in [5.41, 5.74) is -2.09. The van der Waals surface area contributed by atoms with E-state index in [1.807, 2.05) is 0 Å². The van der Waals surface area contributed by atoms with Crippen molar-refractivity contribution in [1.29, 1.82) is 0 Å². The minimum Gasteiger partial charge on any atom is -0.494 e. The number of alkyl halides is 9. The van der Waals surface area contributed by atoms with Crippen LogP contribution in [0.25, 0.3) is 0 Å². The fourth-order valence-corrected chi connectivity index (χ4v) is 3.33. The molecule has 36 heavy (non-hydrogen) atoms. The van der Waals surface area contributed by atoms with Crippen LogP contribution in [0, 0.1) is 0 Å². The third kappa shape index (κ3) is 6.11. The van der Waals surface area contributed by atoms with Gasteiger partial charge in [0.05, 0.1) is 11.5 Å². The van der Waals surface area contributed by atoms with Gasteiger partial charge >= 0.3 is 23.9 Å². The summed E-state index contributed by atoms with van der Waals surface area (Å²) in [5, 5.41) is 0. The molecule has 0 radical (unpaired) electrons. The van der Waals surface area contributed by atoms with Crippen molar-refractivity contribution in [3.8, 4) is 5.75 Å². The van der Waals surface area contributed by atoms with Crippen molar-refractivity contribution in [3.63, 3.8) is 0 Å². The molecule has 0 aliphatic rings. The third-order valence-electron chi connectivity index (χ3n) is 4.90. The molecule has 0 fully saturated rings. The predicted molar refractivity (Wildman–Crippen MR) is 106 cm³/mol. The highest BCUT2D eigenvalue weighted by Gasteiger charge is 2.82. The van der Waals surface area contributed by atoms with Crippen molar-refractivity contribution >= 4 is 15.9 Å². The molecule has 0 amide bonds. The van der Waals surface area contributed by atoms with Crippen LogP contribution in [0.5, 0.6) is 5.75 Å². The summed E-state index contributed by atoms with van der Waals surface area (Å²) in [6.07, 6.45) is -6.59. The summed E-state index contributed by atoms with van der Waals surface area (Å²) >= 11 is 0. The number of benzene rings is 2. The van der Waals surface area contributed by atoms with E-state index in [1.54, 1.807) is 0 Å². The Bertz CT molecular complexity index is 1160. The first kappa shape index (κ1) is 29.4. The van der Waals surface area contributed by atoms with Crippen LogP contribution in [0.3, 0.4) is 0 Å². The van der Waals surface area contributed by atoms with Crippen LogP contribution in [-0.2, 0) is 16.0 Å². The lowest BCUT2D eigenvalue weighted by Crippen LogP contribution is -2.59. The summed E-state index contributed by atoms with van der Waals surface area (Å²) in [5.74, 6) is -20.1. The van der Waals surface area contributed by atoms with Gasteiger partial charge < -0.3 is 4.74 Å². The van der Waals surface area contributed by atoms with Gasteiger partial charge in [-0.15, -0.1) is 0 Å². The third-order valence-corrected chi connectivity index (χ3v) is 5.77. The quantitative estimate of drug-likeness (QED) is 0.153. The van der Waals surface area contributed by atoms with Gasteiger partial charge in [0.2, 0.25) is 0 Å². The van der Waals surface area contributed by atoms with Crippen molar-refractivity contribution in [2.24, 2.45) is 0 Å². The Morgan fingerprint density at radius 3 is 1.78 bits per heavy atom. The van der Waals surface area contributed by atoms with Crippen LogP contribution in [0.15, 0.2) is 53.4 Å². The topological polar surface area (TPSA) is 80.7 Å². The zero-order chi connectivity index (χ0) is 27.6. The molecule has 0 aliphatic carbocycles. The Balaban J connectivity index is 1.93. The molecule has 15 heteroatoms. The molecular formula is C21H17F9O5S. The van der Waals surface area contributed by atoms with Gasteiger partial charge in [-0.05, 0) is 37.1 Å². The summed E-state index contributed by atoms with van der Waals surface area (Å²) < 4.78 is 154. The minimum absolute atomic E-state index is 0.0756. The highest BCUT2D eigenvalue weighted by Crippen LogP contribution is 2.56. The zero-order valence-corrected chi connectivity index (χ0v) is 18.7. The summed E-state index contributed by atoms with van der Waals surface area (Å²) in [7, 11) is -4.37. The summed E-state index contributed by atoms with van der Waals surface area (Å²) in [6.45, 7) is 0.0756. The van der Waals surface area contributed by atoms with Crippen LogP contribution in [0.4, 0.5) is 39.5 Å². The molecule has 200 valence electrons. The Labute approximate surface area is 198 Å². The molecule has 5 nitrogen and oxygen atoms in total. The van der Waals surface area contributed by atoms with E-state index in [1.165, 1.54) is 12.1 Å². The van der Waals surface area contributed by atoms with Crippen molar-refractivity contribution in [2.45, 2.75) is 48.1 Å². The molecule has 0 spiro atoms. The number of hydrogen-bond acceptors (Lipinski definition) is 4. The van der Waals surface area contributed by atoms with E-state index in [-0.39, 0.29) is 47.8 Å². The van der Waals surface area contributed by atoms with Crippen LogP contribution < -0.4 is 4.74 Å². The van der Waals surface area contributed by atoms with Gasteiger partial charge in [-0.25, -0.2) is 0 Å². The van der Waals surface area contributed by atoms with Gasteiger partial charge in [-0.1, -0.05) is 24.3 Å². The van der Waals surface area contributed by atoms with Gasteiger partial charge in [0.25, 0.3) is 10.1 Å². The smallest absolute Gasteiger partial charge is 0.460 e. The average molecular weight is 552 g/mol. The fourth-order valence-electron chi connectivity index (χ4n) is 2.85. The monoisotopic (exact) mass is 552 g/mol. The highest BCUT2D eigenvalue weighted by atomic mass is 32.2. The van der Waals surface area contributed by atoms with E-state index >= 15 is 0 Å². The minimum atomic E-state index is -7.02. The molecule has 0 unspecified atom stereocenters. The first-order chi connectivity index (χ1) is 16.3. The molecule has 2 aromatic rings. The zero-order valence-electron chi connectivity index (χ0n) is 17.8. The Morgan fingerprint density at radius 2 is 1.31 bits per heavy atom. The van der Waals surface area contributed by atoms with Gasteiger partial charge in [-0.2, -0.15) is 47.9 Å². The Kier molecular flexibility index (Phi) is 8.40. The summed E-state index contributed by atoms with van der Waals surface area (Å²) in [4.78, 5) is 11.8. The second-order valence-electron chi connectivity index (χ2n) is 7.47. The van der Waals surface area contributed by atoms with E-state index in [2.05, 4.69) is 0 Å². The van der Waals surface area contributed by atoms with Crippen LogP contribution in [0.1, 0.15) is 35.2 Å². The van der Waals surface area contributed by atoms with Crippen molar-refractivity contribution in [3.05, 3.63) is 59.7 Å². The average Bonchev–Trinajstić information content (AvgIpc) is 2.77. The second-order valence-corrected chi connectivity index (χ2v) is 8.90. The number of halogens is 9. The number of ether oxygens (including phenoxy) is 1. The molecule has 0 saturated heterocycles. The first-order valence-electron chi connectivity index (χ1n) is 9.86. The maximum absolute atomic E-state index is 13.9. The number of Topliss-reactive ketones (excluding diaryl/α,β-unsaturated/α-hetero) is 1. The van der Waals surface area contributed by atoms with Crippen LogP contribution in [0.2, 0.25) is 0 Å². The van der Waals surface area contributed by atoms with Crippen molar-refractivity contribution in [1.82, 2.24) is 0 Å². The highest BCUT2D eigenvalue weighted by molar-refractivity contribution is 7.85. The standard InChI is InChI=1S/C21H17F9O5S/c22-18(23,19(24,25)20(26,27)21(28,29)30)14-6-4-13(5-7-14)17(31)3-1-2-12-35-15-8-10-16(11-9-15)36(32,33)34/h4-11H,1-3,12H2,(H,32,33,34). The van der Waals surface area contributed by atoms with Gasteiger partial charge in [0.15, 0.2) is 5.78 Å². The van der Waals surface area contributed by atoms with Gasteiger partial charge in [0, 0.05) is 17.5 Å². The number of carbonyl (C=O) groups excluding carboxylic acids is 1. The molecule has 0 heterocycles. The first-order valence-corrected chi connectivity index (χ1v) is 11.3. The number of ketones is 1. The molecule has 1 N–H and O–H groups in total. The van der Waals surface area contributed by atoms with Crippen LogP contribution >= 0.6 is 0 Å². The maximum atomic E-state index is 13.9. The van der Waals surface area contributed by atoms with Crippen molar-refractivity contribution in [2.75, 3.05) is 6.61 Å². The lowest BCUT2D eigenvalue weighted by atomic mass is 9.95. The van der Waals surface area contributed by atoms with E-state index in [4.69, 9.17) is 9.29 Å². The number of rotatable bonds is 11. The lowest BCUT2D eigenvalue weighted by molar-refractivity contribution is -0.399. The molecule has 0 bridgehead atoms. The van der Waals surface area contributed by atoms with E-state index in [0.29, 0.717) is 18.6 Å². The van der Waals surface area contributed by atoms with E-state index in [0.717, 1.165) is 12.1 Å². The Morgan fingerprint density at radius 1 is 0.778 bits per heavy atom. The molecule has 0 atom stereocenters.